The molecule has 0 N–H and O–H groups in total. The van der Waals surface area contributed by atoms with E-state index in [1.165, 1.54) is 5.56 Å². The molecule has 0 aliphatic rings. The number of rotatable bonds is 7. The van der Waals surface area contributed by atoms with E-state index >= 15 is 0 Å². The lowest BCUT2D eigenvalue weighted by molar-refractivity contribution is 0.248. The lowest BCUT2D eigenvalue weighted by atomic mass is 10.1. The van der Waals surface area contributed by atoms with Gasteiger partial charge in [0.05, 0.1) is 19.3 Å². The van der Waals surface area contributed by atoms with Crippen LogP contribution in [-0.2, 0) is 13.1 Å². The second-order valence-corrected chi connectivity index (χ2v) is 6.08. The second-order valence-electron chi connectivity index (χ2n) is 6.08. The Labute approximate surface area is 148 Å². The van der Waals surface area contributed by atoms with Crippen molar-refractivity contribution in [2.75, 3.05) is 14.2 Å². The van der Waals surface area contributed by atoms with Crippen LogP contribution in [0.3, 0.4) is 0 Å². The second kappa shape index (κ2) is 7.90. The van der Waals surface area contributed by atoms with Crippen LogP contribution in [0.4, 0.5) is 0 Å². The van der Waals surface area contributed by atoms with Gasteiger partial charge in [0.15, 0.2) is 0 Å². The summed E-state index contributed by atoms with van der Waals surface area (Å²) in [4.78, 5) is 10.6. The topological polar surface area (TPSA) is 56.1 Å². The first-order chi connectivity index (χ1) is 12.2. The number of benzene rings is 1. The normalized spacial score (nSPS) is 12.3. The summed E-state index contributed by atoms with van der Waals surface area (Å²) in [6.45, 7) is 3.66. The molecule has 0 amide bonds. The first-order valence-corrected chi connectivity index (χ1v) is 8.26. The molecule has 25 heavy (non-hydrogen) atoms. The van der Waals surface area contributed by atoms with Crippen molar-refractivity contribution in [2.24, 2.45) is 0 Å². The standard InChI is InChI=1S/C19H23N5O/c1-15(18-7-9-20-14-21-18)23(2)12-16-5-6-19(25-3)17(11-16)13-24-10-4-8-22-24/h4-11,14-15H,12-13H2,1-3H3. The summed E-state index contributed by atoms with van der Waals surface area (Å²) in [5, 5.41) is 4.28. The fourth-order valence-corrected chi connectivity index (χ4v) is 2.82. The number of nitrogens with zero attached hydrogens (tertiary/aromatic N) is 5. The third-order valence-electron chi connectivity index (χ3n) is 4.36. The van der Waals surface area contributed by atoms with Gasteiger partial charge in [0.2, 0.25) is 0 Å². The maximum absolute atomic E-state index is 5.50. The molecule has 0 bridgehead atoms. The smallest absolute Gasteiger partial charge is 0.123 e. The average molecular weight is 337 g/mol. The Morgan fingerprint density at radius 2 is 2.12 bits per heavy atom. The van der Waals surface area contributed by atoms with Gasteiger partial charge >= 0.3 is 0 Å². The van der Waals surface area contributed by atoms with E-state index in [2.05, 4.69) is 46.1 Å². The highest BCUT2D eigenvalue weighted by atomic mass is 16.5. The van der Waals surface area contributed by atoms with Crippen molar-refractivity contribution >= 4 is 0 Å². The molecule has 0 fully saturated rings. The predicted molar refractivity (Wildman–Crippen MR) is 96.2 cm³/mol. The molecular weight excluding hydrogens is 314 g/mol. The lowest BCUT2D eigenvalue weighted by Gasteiger charge is -2.24. The molecule has 1 unspecified atom stereocenters. The summed E-state index contributed by atoms with van der Waals surface area (Å²) >= 11 is 0. The van der Waals surface area contributed by atoms with Gasteiger partial charge in [-0.3, -0.25) is 9.58 Å². The number of aromatic nitrogens is 4. The van der Waals surface area contributed by atoms with Crippen LogP contribution in [0.15, 0.2) is 55.2 Å². The maximum atomic E-state index is 5.50. The van der Waals surface area contributed by atoms with Gasteiger partial charge < -0.3 is 4.74 Å². The van der Waals surface area contributed by atoms with E-state index in [0.717, 1.165) is 23.6 Å². The van der Waals surface area contributed by atoms with Crippen molar-refractivity contribution < 1.29 is 4.74 Å². The first kappa shape index (κ1) is 17.1. The fraction of sp³-hybridized carbons (Fsp3) is 0.316. The van der Waals surface area contributed by atoms with Gasteiger partial charge in [0.1, 0.15) is 12.1 Å². The molecule has 6 nitrogen and oxygen atoms in total. The van der Waals surface area contributed by atoms with Crippen LogP contribution < -0.4 is 4.74 Å². The van der Waals surface area contributed by atoms with Crippen LogP contribution >= 0.6 is 0 Å². The van der Waals surface area contributed by atoms with Gasteiger partial charge in [-0.05, 0) is 43.8 Å². The van der Waals surface area contributed by atoms with E-state index in [-0.39, 0.29) is 6.04 Å². The van der Waals surface area contributed by atoms with Crippen LogP contribution in [0.25, 0.3) is 0 Å². The van der Waals surface area contributed by atoms with Crippen molar-refractivity contribution in [2.45, 2.75) is 26.1 Å². The highest BCUT2D eigenvalue weighted by Crippen LogP contribution is 2.24. The van der Waals surface area contributed by atoms with Gasteiger partial charge in [0.25, 0.3) is 0 Å². The van der Waals surface area contributed by atoms with E-state index in [1.807, 2.05) is 29.1 Å². The third-order valence-corrected chi connectivity index (χ3v) is 4.36. The van der Waals surface area contributed by atoms with Crippen LogP contribution in [-0.4, -0.2) is 38.8 Å². The number of hydrogen-bond acceptors (Lipinski definition) is 5. The Hall–Kier alpha value is -2.73. The van der Waals surface area contributed by atoms with E-state index in [1.54, 1.807) is 25.8 Å². The number of hydrogen-bond donors (Lipinski definition) is 0. The Bertz CT molecular complexity index is 789. The number of methoxy groups -OCH3 is 1. The molecule has 3 rings (SSSR count). The highest BCUT2D eigenvalue weighted by Gasteiger charge is 2.14. The van der Waals surface area contributed by atoms with E-state index < -0.39 is 0 Å². The zero-order valence-corrected chi connectivity index (χ0v) is 14.8. The van der Waals surface area contributed by atoms with Gasteiger partial charge in [-0.2, -0.15) is 5.10 Å². The molecule has 0 spiro atoms. The minimum absolute atomic E-state index is 0.208. The highest BCUT2D eigenvalue weighted by molar-refractivity contribution is 5.37. The van der Waals surface area contributed by atoms with Crippen LogP contribution in [0, 0.1) is 0 Å². The van der Waals surface area contributed by atoms with E-state index in [9.17, 15) is 0 Å². The Morgan fingerprint density at radius 3 is 2.80 bits per heavy atom. The summed E-state index contributed by atoms with van der Waals surface area (Å²) < 4.78 is 7.40. The fourth-order valence-electron chi connectivity index (χ4n) is 2.82. The predicted octanol–water partition coefficient (Wildman–Crippen LogP) is 2.92. The third kappa shape index (κ3) is 4.22. The summed E-state index contributed by atoms with van der Waals surface area (Å²) in [7, 11) is 3.80. The Balaban J connectivity index is 1.75. The molecule has 3 aromatic rings. The van der Waals surface area contributed by atoms with Crippen LogP contribution in [0.1, 0.15) is 29.8 Å². The maximum Gasteiger partial charge on any atom is 0.123 e. The average Bonchev–Trinajstić information content (AvgIpc) is 3.15. The van der Waals surface area contributed by atoms with E-state index in [4.69, 9.17) is 4.74 Å². The zero-order valence-electron chi connectivity index (χ0n) is 14.8. The van der Waals surface area contributed by atoms with Crippen molar-refractivity contribution in [3.8, 4) is 5.75 Å². The van der Waals surface area contributed by atoms with Crippen molar-refractivity contribution in [1.82, 2.24) is 24.6 Å². The van der Waals surface area contributed by atoms with Gasteiger partial charge in [-0.15, -0.1) is 0 Å². The molecule has 6 heteroatoms. The van der Waals surface area contributed by atoms with Crippen LogP contribution in [0.5, 0.6) is 5.75 Å². The Morgan fingerprint density at radius 1 is 1.24 bits per heavy atom. The SMILES string of the molecule is COc1ccc(CN(C)C(C)c2ccncn2)cc1Cn1cccn1. The minimum Gasteiger partial charge on any atom is -0.496 e. The summed E-state index contributed by atoms with van der Waals surface area (Å²) in [5.74, 6) is 0.880. The van der Waals surface area contributed by atoms with Gasteiger partial charge in [0, 0.05) is 36.7 Å². The van der Waals surface area contributed by atoms with Crippen molar-refractivity contribution in [3.05, 3.63) is 72.1 Å². The van der Waals surface area contributed by atoms with Gasteiger partial charge in [-0.25, -0.2) is 9.97 Å². The molecule has 1 atom stereocenters. The molecule has 2 aromatic heterocycles. The molecule has 0 saturated heterocycles. The summed E-state index contributed by atoms with van der Waals surface area (Å²) in [6.07, 6.45) is 7.11. The molecule has 2 heterocycles. The molecule has 1 aromatic carbocycles. The zero-order chi connectivity index (χ0) is 17.6. The molecular formula is C19H23N5O. The molecule has 0 saturated carbocycles. The molecule has 0 radical (unpaired) electrons. The largest absolute Gasteiger partial charge is 0.496 e. The summed E-state index contributed by atoms with van der Waals surface area (Å²) in [5.41, 5.74) is 3.36. The quantitative estimate of drug-likeness (QED) is 0.663. The molecule has 0 aliphatic heterocycles. The lowest BCUT2D eigenvalue weighted by Crippen LogP contribution is -2.22. The monoisotopic (exact) mass is 337 g/mol. The molecule has 0 aliphatic carbocycles. The van der Waals surface area contributed by atoms with Gasteiger partial charge in [-0.1, -0.05) is 6.07 Å². The van der Waals surface area contributed by atoms with Crippen LogP contribution in [0.2, 0.25) is 0 Å². The van der Waals surface area contributed by atoms with E-state index in [0.29, 0.717) is 6.54 Å². The Kier molecular flexibility index (Phi) is 5.40. The minimum atomic E-state index is 0.208. The summed E-state index contributed by atoms with van der Waals surface area (Å²) in [6, 6.07) is 10.4. The van der Waals surface area contributed by atoms with Crippen molar-refractivity contribution in [3.63, 3.8) is 0 Å². The first-order valence-electron chi connectivity index (χ1n) is 8.26. The molecule has 130 valence electrons. The number of ether oxygens (including phenoxy) is 1. The van der Waals surface area contributed by atoms with Crippen molar-refractivity contribution in [1.29, 1.82) is 0 Å².